The van der Waals surface area contributed by atoms with Gasteiger partial charge in [-0.1, -0.05) is 25.5 Å². The zero-order valence-electron chi connectivity index (χ0n) is 20.2. The van der Waals surface area contributed by atoms with Crippen molar-refractivity contribution in [1.29, 1.82) is 0 Å². The number of fused-ring (bicyclic) bond motifs is 2. The van der Waals surface area contributed by atoms with Crippen molar-refractivity contribution >= 4 is 40.0 Å². The van der Waals surface area contributed by atoms with Crippen LogP contribution in [0.15, 0.2) is 54.6 Å². The first-order valence-electron chi connectivity index (χ1n) is 12.0. The van der Waals surface area contributed by atoms with Crippen molar-refractivity contribution in [2.45, 2.75) is 33.1 Å². The summed E-state index contributed by atoms with van der Waals surface area (Å²) in [4.78, 5) is 14.3. The van der Waals surface area contributed by atoms with Gasteiger partial charge in [-0.3, -0.25) is 10.1 Å². The van der Waals surface area contributed by atoms with Crippen molar-refractivity contribution in [3.05, 3.63) is 71.3 Å². The third-order valence-corrected chi connectivity index (χ3v) is 6.20. The molecule has 0 fully saturated rings. The second kappa shape index (κ2) is 10.3. The van der Waals surface area contributed by atoms with E-state index >= 15 is 0 Å². The van der Waals surface area contributed by atoms with Crippen LogP contribution in [0, 0.1) is 6.92 Å². The van der Waals surface area contributed by atoms with Crippen LogP contribution in [0.2, 0.25) is 0 Å². The molecule has 5 rings (SSSR count). The first-order valence-corrected chi connectivity index (χ1v) is 12.4. The van der Waals surface area contributed by atoms with Crippen LogP contribution in [0.1, 0.15) is 41.3 Å². The van der Waals surface area contributed by atoms with Crippen molar-refractivity contribution in [3.8, 4) is 17.2 Å². The molecule has 0 aliphatic carbocycles. The Morgan fingerprint density at radius 3 is 2.47 bits per heavy atom. The summed E-state index contributed by atoms with van der Waals surface area (Å²) >= 11 is 5.40. The lowest BCUT2D eigenvalue weighted by molar-refractivity contribution is 0.0976. The summed E-state index contributed by atoms with van der Waals surface area (Å²) in [7, 11) is 0. The number of anilines is 1. The van der Waals surface area contributed by atoms with Crippen LogP contribution in [0.25, 0.3) is 16.7 Å². The van der Waals surface area contributed by atoms with Crippen LogP contribution < -0.4 is 20.1 Å². The van der Waals surface area contributed by atoms with Gasteiger partial charge in [-0.2, -0.15) is 4.80 Å². The quantitative estimate of drug-likeness (QED) is 0.361. The highest BCUT2D eigenvalue weighted by atomic mass is 32.1. The zero-order chi connectivity index (χ0) is 25.1. The molecular formula is C27H27N5O3S. The van der Waals surface area contributed by atoms with Gasteiger partial charge in [0.05, 0.1) is 5.69 Å². The smallest absolute Gasteiger partial charge is 0.257 e. The van der Waals surface area contributed by atoms with E-state index in [1.54, 1.807) is 23.0 Å². The summed E-state index contributed by atoms with van der Waals surface area (Å²) in [5, 5.41) is 15.3. The number of carbonyl (C=O) groups is 1. The van der Waals surface area contributed by atoms with Crippen LogP contribution >= 0.6 is 12.2 Å². The Bertz CT molecular complexity index is 1430. The number of aromatic nitrogens is 3. The lowest BCUT2D eigenvalue weighted by atomic mass is 10.1. The minimum Gasteiger partial charge on any atom is -0.486 e. The number of aryl methyl sites for hydroxylation is 2. The molecule has 0 unspecified atom stereocenters. The minimum absolute atomic E-state index is 0.187. The molecular weight excluding hydrogens is 474 g/mol. The summed E-state index contributed by atoms with van der Waals surface area (Å²) in [5.74, 6) is 0.840. The van der Waals surface area contributed by atoms with Crippen LogP contribution in [-0.2, 0) is 6.42 Å². The maximum Gasteiger partial charge on any atom is 0.257 e. The first-order chi connectivity index (χ1) is 17.5. The fraction of sp³-hybridized carbons (Fsp3) is 0.259. The second-order valence-corrected chi connectivity index (χ2v) is 9.09. The van der Waals surface area contributed by atoms with Gasteiger partial charge < -0.3 is 14.8 Å². The summed E-state index contributed by atoms with van der Waals surface area (Å²) in [6, 6.07) is 17.2. The number of hydrogen-bond donors (Lipinski definition) is 2. The number of unbranched alkanes of at least 4 members (excludes halogenated alkanes) is 1. The molecule has 2 heterocycles. The number of nitrogens with one attached hydrogen (secondary N) is 2. The summed E-state index contributed by atoms with van der Waals surface area (Å²) in [6.07, 6.45) is 3.43. The largest absolute Gasteiger partial charge is 0.486 e. The Labute approximate surface area is 214 Å². The highest BCUT2D eigenvalue weighted by molar-refractivity contribution is 7.80. The number of thiocarbonyl (C=S) groups is 1. The highest BCUT2D eigenvalue weighted by Crippen LogP contribution is 2.30. The van der Waals surface area contributed by atoms with Gasteiger partial charge in [0.15, 0.2) is 16.6 Å². The molecule has 0 radical (unpaired) electrons. The molecule has 1 amide bonds. The van der Waals surface area contributed by atoms with E-state index in [0.717, 1.165) is 34.4 Å². The predicted octanol–water partition coefficient (Wildman–Crippen LogP) is 4.97. The van der Waals surface area contributed by atoms with E-state index in [2.05, 4.69) is 39.9 Å². The summed E-state index contributed by atoms with van der Waals surface area (Å²) in [5.41, 5.74) is 5.82. The van der Waals surface area contributed by atoms with E-state index in [4.69, 9.17) is 21.7 Å². The lowest BCUT2D eigenvalue weighted by Crippen LogP contribution is -2.34. The topological polar surface area (TPSA) is 90.3 Å². The molecule has 184 valence electrons. The van der Waals surface area contributed by atoms with Gasteiger partial charge in [0.2, 0.25) is 0 Å². The van der Waals surface area contributed by atoms with Crippen molar-refractivity contribution in [2.75, 3.05) is 18.5 Å². The number of amides is 1. The summed E-state index contributed by atoms with van der Waals surface area (Å²) in [6.45, 7) is 5.10. The second-order valence-electron chi connectivity index (χ2n) is 8.68. The molecule has 1 aromatic heterocycles. The monoisotopic (exact) mass is 501 g/mol. The van der Waals surface area contributed by atoms with Crippen LogP contribution in [0.5, 0.6) is 11.5 Å². The van der Waals surface area contributed by atoms with Gasteiger partial charge in [-0.25, -0.2) is 0 Å². The van der Waals surface area contributed by atoms with Gasteiger partial charge >= 0.3 is 0 Å². The Morgan fingerprint density at radius 1 is 1.00 bits per heavy atom. The number of rotatable bonds is 6. The van der Waals surface area contributed by atoms with E-state index in [0.29, 0.717) is 30.3 Å². The van der Waals surface area contributed by atoms with Gasteiger partial charge in [-0.15, -0.1) is 10.2 Å². The number of ether oxygens (including phenoxy) is 2. The lowest BCUT2D eigenvalue weighted by Gasteiger charge is -2.18. The highest BCUT2D eigenvalue weighted by Gasteiger charge is 2.16. The molecule has 9 heteroatoms. The SMILES string of the molecule is CCCCc1ccc(-n2nc3cc(C)c(NC(=S)NC(=O)c4ccc5c(c4)OCCO5)cc3n2)cc1. The van der Waals surface area contributed by atoms with E-state index in [1.165, 1.54) is 18.4 Å². The average Bonchev–Trinajstić information content (AvgIpc) is 3.30. The average molecular weight is 502 g/mol. The van der Waals surface area contributed by atoms with Crippen molar-refractivity contribution < 1.29 is 14.3 Å². The van der Waals surface area contributed by atoms with Crippen LogP contribution in [0.4, 0.5) is 5.69 Å². The van der Waals surface area contributed by atoms with Crippen molar-refractivity contribution in [1.82, 2.24) is 20.3 Å². The normalized spacial score (nSPS) is 12.4. The van der Waals surface area contributed by atoms with Crippen molar-refractivity contribution in [3.63, 3.8) is 0 Å². The standard InChI is InChI=1S/C27H27N5O3S/c1-3-4-5-18-6-9-20(10-7-18)32-30-22-14-17(2)21(16-23(22)31-32)28-27(36)29-26(33)19-8-11-24-25(15-19)35-13-12-34-24/h6-11,14-16H,3-5,12-13H2,1-2H3,(H2,28,29,33,36). The molecule has 0 spiro atoms. The molecule has 0 saturated heterocycles. The van der Waals surface area contributed by atoms with Gasteiger partial charge in [-0.05, 0) is 85.6 Å². The van der Waals surface area contributed by atoms with E-state index in [9.17, 15) is 4.79 Å². The van der Waals surface area contributed by atoms with Gasteiger partial charge in [0.1, 0.15) is 24.2 Å². The Hall–Kier alpha value is -3.98. The fourth-order valence-corrected chi connectivity index (χ4v) is 4.21. The minimum atomic E-state index is -0.337. The number of benzene rings is 3. The molecule has 3 aromatic carbocycles. The molecule has 8 nitrogen and oxygen atoms in total. The number of nitrogens with zero attached hydrogens (tertiary/aromatic N) is 3. The first kappa shape index (κ1) is 23.7. The van der Waals surface area contributed by atoms with Crippen molar-refractivity contribution in [2.24, 2.45) is 0 Å². The molecule has 0 saturated carbocycles. The Kier molecular flexibility index (Phi) is 6.81. The van der Waals surface area contributed by atoms with E-state index in [-0.39, 0.29) is 11.0 Å². The fourth-order valence-electron chi connectivity index (χ4n) is 4.01. The molecule has 4 aromatic rings. The summed E-state index contributed by atoms with van der Waals surface area (Å²) < 4.78 is 11.1. The van der Waals surface area contributed by atoms with Gasteiger partial charge in [0, 0.05) is 11.3 Å². The molecule has 1 aliphatic rings. The predicted molar refractivity (Wildman–Crippen MR) is 143 cm³/mol. The Morgan fingerprint density at radius 2 is 1.72 bits per heavy atom. The molecule has 1 aliphatic heterocycles. The number of hydrogen-bond acceptors (Lipinski definition) is 6. The van der Waals surface area contributed by atoms with Crippen LogP contribution in [-0.4, -0.2) is 39.2 Å². The van der Waals surface area contributed by atoms with Crippen LogP contribution in [0.3, 0.4) is 0 Å². The molecule has 0 bridgehead atoms. The van der Waals surface area contributed by atoms with E-state index in [1.807, 2.05) is 31.2 Å². The maximum atomic E-state index is 12.7. The number of carbonyl (C=O) groups excluding carboxylic acids is 1. The third-order valence-electron chi connectivity index (χ3n) is 5.99. The van der Waals surface area contributed by atoms with E-state index < -0.39 is 0 Å². The molecule has 2 N–H and O–H groups in total. The Balaban J connectivity index is 1.28. The molecule has 0 atom stereocenters. The zero-order valence-corrected chi connectivity index (χ0v) is 21.0. The van der Waals surface area contributed by atoms with Gasteiger partial charge in [0.25, 0.3) is 5.91 Å². The maximum absolute atomic E-state index is 12.7. The molecule has 36 heavy (non-hydrogen) atoms. The third kappa shape index (κ3) is 5.16.